The molecule has 0 aromatic heterocycles. The Morgan fingerprint density at radius 3 is 2.31 bits per heavy atom. The second kappa shape index (κ2) is 5.75. The molecule has 90 valence electrons. The van der Waals surface area contributed by atoms with Crippen LogP contribution in [0.25, 0.3) is 0 Å². The Morgan fingerprint density at radius 1 is 1.19 bits per heavy atom. The summed E-state index contributed by atoms with van der Waals surface area (Å²) in [7, 11) is 1.57. The number of ether oxygens (including phenoxy) is 1. The van der Waals surface area contributed by atoms with Crippen LogP contribution in [-0.2, 0) is 6.42 Å². The van der Waals surface area contributed by atoms with Crippen molar-refractivity contribution in [3.63, 3.8) is 0 Å². The average molecular weight is 233 g/mol. The summed E-state index contributed by atoms with van der Waals surface area (Å²) in [5.74, 6) is 0.743. The Kier molecular flexibility index (Phi) is 4.61. The third-order valence-electron chi connectivity index (χ3n) is 2.07. The normalized spacial score (nSPS) is 11.5. The molecule has 0 atom stereocenters. The van der Waals surface area contributed by atoms with Crippen molar-refractivity contribution in [3.05, 3.63) is 29.8 Å². The minimum absolute atomic E-state index is 0.311. The van der Waals surface area contributed by atoms with Crippen LogP contribution in [0.3, 0.4) is 0 Å². The van der Waals surface area contributed by atoms with Crippen LogP contribution in [0.2, 0.25) is 0 Å². The quantitative estimate of drug-likeness (QED) is 0.788. The zero-order chi connectivity index (χ0) is 12.0. The van der Waals surface area contributed by atoms with Crippen LogP contribution in [0.4, 0.5) is 13.2 Å². The Bertz CT molecular complexity index is 308. The van der Waals surface area contributed by atoms with Crippen molar-refractivity contribution >= 4 is 0 Å². The zero-order valence-electron chi connectivity index (χ0n) is 8.97. The molecule has 2 nitrogen and oxygen atoms in total. The van der Waals surface area contributed by atoms with Gasteiger partial charge in [0, 0.05) is 0 Å². The third-order valence-corrected chi connectivity index (χ3v) is 2.07. The van der Waals surface area contributed by atoms with E-state index in [1.54, 1.807) is 19.2 Å². The molecule has 0 aliphatic rings. The SMILES string of the molecule is COc1ccc(CCNCC(F)(F)F)cc1. The first kappa shape index (κ1) is 12.8. The summed E-state index contributed by atoms with van der Waals surface area (Å²) < 4.78 is 40.4. The maximum atomic E-state index is 11.8. The molecule has 1 rings (SSSR count). The van der Waals surface area contributed by atoms with E-state index in [4.69, 9.17) is 4.74 Å². The molecule has 1 aromatic carbocycles. The molecular weight excluding hydrogens is 219 g/mol. The van der Waals surface area contributed by atoms with Gasteiger partial charge in [0.1, 0.15) is 5.75 Å². The first-order valence-electron chi connectivity index (χ1n) is 4.91. The molecule has 5 heteroatoms. The molecule has 0 spiro atoms. The minimum atomic E-state index is -4.14. The topological polar surface area (TPSA) is 21.3 Å². The Labute approximate surface area is 92.4 Å². The number of rotatable bonds is 5. The molecule has 1 aromatic rings. The van der Waals surface area contributed by atoms with Crippen molar-refractivity contribution in [2.75, 3.05) is 20.2 Å². The lowest BCUT2D eigenvalue weighted by Gasteiger charge is -2.08. The molecule has 0 fully saturated rings. The van der Waals surface area contributed by atoms with E-state index in [1.165, 1.54) is 0 Å². The van der Waals surface area contributed by atoms with Crippen LogP contribution in [0.15, 0.2) is 24.3 Å². The number of hydrogen-bond donors (Lipinski definition) is 1. The van der Waals surface area contributed by atoms with Gasteiger partial charge in [-0.2, -0.15) is 13.2 Å². The van der Waals surface area contributed by atoms with Crippen LogP contribution in [0, 0.1) is 0 Å². The van der Waals surface area contributed by atoms with Gasteiger partial charge in [-0.25, -0.2) is 0 Å². The van der Waals surface area contributed by atoms with Gasteiger partial charge in [0.15, 0.2) is 0 Å². The minimum Gasteiger partial charge on any atom is -0.497 e. The Balaban J connectivity index is 2.27. The highest BCUT2D eigenvalue weighted by Gasteiger charge is 2.25. The third kappa shape index (κ3) is 5.02. The number of alkyl halides is 3. The molecule has 0 aliphatic heterocycles. The molecule has 0 radical (unpaired) electrons. The lowest BCUT2D eigenvalue weighted by Crippen LogP contribution is -2.30. The first-order valence-corrected chi connectivity index (χ1v) is 4.91. The van der Waals surface area contributed by atoms with Crippen LogP contribution in [0.5, 0.6) is 5.75 Å². The molecule has 0 bridgehead atoms. The van der Waals surface area contributed by atoms with Crippen LogP contribution >= 0.6 is 0 Å². The van der Waals surface area contributed by atoms with Gasteiger partial charge in [0.05, 0.1) is 13.7 Å². The van der Waals surface area contributed by atoms with E-state index in [0.29, 0.717) is 13.0 Å². The number of nitrogens with one attached hydrogen (secondary N) is 1. The van der Waals surface area contributed by atoms with Crippen molar-refractivity contribution in [1.29, 1.82) is 0 Å². The monoisotopic (exact) mass is 233 g/mol. The van der Waals surface area contributed by atoms with Crippen molar-refractivity contribution in [2.45, 2.75) is 12.6 Å². The lowest BCUT2D eigenvalue weighted by molar-refractivity contribution is -0.124. The van der Waals surface area contributed by atoms with Gasteiger partial charge in [-0.05, 0) is 30.7 Å². The summed E-state index contributed by atoms with van der Waals surface area (Å²) >= 11 is 0. The number of benzene rings is 1. The van der Waals surface area contributed by atoms with Gasteiger partial charge in [-0.3, -0.25) is 0 Å². The predicted molar refractivity (Wildman–Crippen MR) is 55.6 cm³/mol. The second-order valence-corrected chi connectivity index (χ2v) is 3.39. The van der Waals surface area contributed by atoms with E-state index in [0.717, 1.165) is 11.3 Å². The number of hydrogen-bond acceptors (Lipinski definition) is 2. The fourth-order valence-electron chi connectivity index (χ4n) is 1.26. The molecule has 0 saturated carbocycles. The van der Waals surface area contributed by atoms with E-state index in [2.05, 4.69) is 5.32 Å². The maximum absolute atomic E-state index is 11.8. The summed E-state index contributed by atoms with van der Waals surface area (Å²) in [4.78, 5) is 0. The van der Waals surface area contributed by atoms with Crippen molar-refractivity contribution in [3.8, 4) is 5.75 Å². The summed E-state index contributed by atoms with van der Waals surface area (Å²) in [6.45, 7) is -0.630. The van der Waals surface area contributed by atoms with E-state index < -0.39 is 12.7 Å². The smallest absolute Gasteiger partial charge is 0.401 e. The highest BCUT2D eigenvalue weighted by Crippen LogP contribution is 2.13. The van der Waals surface area contributed by atoms with Crippen LogP contribution < -0.4 is 10.1 Å². The van der Waals surface area contributed by atoms with Gasteiger partial charge in [0.25, 0.3) is 0 Å². The lowest BCUT2D eigenvalue weighted by atomic mass is 10.1. The van der Waals surface area contributed by atoms with E-state index in [1.807, 2.05) is 12.1 Å². The van der Waals surface area contributed by atoms with Gasteiger partial charge in [-0.1, -0.05) is 12.1 Å². The average Bonchev–Trinajstić information content (AvgIpc) is 2.24. The summed E-state index contributed by atoms with van der Waals surface area (Å²) in [5, 5.41) is 2.35. The van der Waals surface area contributed by atoms with Crippen molar-refractivity contribution < 1.29 is 17.9 Å². The summed E-state index contributed by atoms with van der Waals surface area (Å²) in [5.41, 5.74) is 0.982. The summed E-state index contributed by atoms with van der Waals surface area (Å²) in [6.07, 6.45) is -3.57. The Hall–Kier alpha value is -1.23. The number of halogens is 3. The largest absolute Gasteiger partial charge is 0.497 e. The highest BCUT2D eigenvalue weighted by molar-refractivity contribution is 5.27. The predicted octanol–water partition coefficient (Wildman–Crippen LogP) is 2.39. The molecule has 0 unspecified atom stereocenters. The maximum Gasteiger partial charge on any atom is 0.401 e. The molecule has 0 amide bonds. The van der Waals surface area contributed by atoms with Crippen molar-refractivity contribution in [1.82, 2.24) is 5.32 Å². The fourth-order valence-corrected chi connectivity index (χ4v) is 1.26. The van der Waals surface area contributed by atoms with Crippen LogP contribution in [-0.4, -0.2) is 26.4 Å². The first-order chi connectivity index (χ1) is 7.51. The van der Waals surface area contributed by atoms with E-state index in [9.17, 15) is 13.2 Å². The van der Waals surface area contributed by atoms with Crippen LogP contribution in [0.1, 0.15) is 5.56 Å². The van der Waals surface area contributed by atoms with E-state index >= 15 is 0 Å². The van der Waals surface area contributed by atoms with Gasteiger partial charge in [0.2, 0.25) is 0 Å². The fraction of sp³-hybridized carbons (Fsp3) is 0.455. The highest BCUT2D eigenvalue weighted by atomic mass is 19.4. The molecule has 0 aliphatic carbocycles. The molecule has 1 N–H and O–H groups in total. The molecular formula is C11H14F3NO. The molecule has 16 heavy (non-hydrogen) atoms. The van der Waals surface area contributed by atoms with E-state index in [-0.39, 0.29) is 0 Å². The molecule has 0 saturated heterocycles. The zero-order valence-corrected chi connectivity index (χ0v) is 8.97. The summed E-state index contributed by atoms with van der Waals surface area (Å²) in [6, 6.07) is 7.26. The number of methoxy groups -OCH3 is 1. The second-order valence-electron chi connectivity index (χ2n) is 3.39. The van der Waals surface area contributed by atoms with Gasteiger partial charge in [-0.15, -0.1) is 0 Å². The van der Waals surface area contributed by atoms with Gasteiger partial charge < -0.3 is 10.1 Å². The standard InChI is InChI=1S/C11H14F3NO/c1-16-10-4-2-9(3-5-10)6-7-15-8-11(12,13)14/h2-5,15H,6-8H2,1H3. The Morgan fingerprint density at radius 2 is 1.81 bits per heavy atom. The van der Waals surface area contributed by atoms with Gasteiger partial charge >= 0.3 is 6.18 Å². The molecule has 0 heterocycles. The van der Waals surface area contributed by atoms with Crippen molar-refractivity contribution in [2.24, 2.45) is 0 Å².